The average molecular weight is 670 g/mol. The highest BCUT2D eigenvalue weighted by Gasteiger charge is 2.31. The number of ether oxygens (including phenoxy) is 3. The molecule has 2 aliphatic heterocycles. The van der Waals surface area contributed by atoms with Gasteiger partial charge in [-0.15, -0.1) is 0 Å². The summed E-state index contributed by atoms with van der Waals surface area (Å²) < 4.78 is 71.2. The molecule has 0 radical (unpaired) electrons. The number of rotatable bonds is 10. The molecule has 0 saturated carbocycles. The van der Waals surface area contributed by atoms with Gasteiger partial charge in [0.1, 0.15) is 11.6 Å². The number of amides is 2. The fourth-order valence-electron chi connectivity index (χ4n) is 5.00. The number of thiazole rings is 1. The molecule has 1 atom stereocenters. The number of likely N-dealkylation sites (tertiary alicyclic amines) is 1. The van der Waals surface area contributed by atoms with Crippen molar-refractivity contribution in [3.63, 3.8) is 0 Å². The van der Waals surface area contributed by atoms with Gasteiger partial charge in [0, 0.05) is 43.5 Å². The van der Waals surface area contributed by atoms with Gasteiger partial charge in [-0.05, 0) is 67.8 Å². The topological polar surface area (TPSA) is 124 Å². The van der Waals surface area contributed by atoms with Gasteiger partial charge < -0.3 is 19.1 Å². The Kier molecular flexibility index (Phi) is 9.29. The lowest BCUT2D eigenvalue weighted by Crippen LogP contribution is -2.41. The maximum absolute atomic E-state index is 14.5. The molecule has 4 aromatic rings. The van der Waals surface area contributed by atoms with Crippen LogP contribution in [-0.2, 0) is 19.4 Å². The molecule has 1 aromatic heterocycles. The van der Waals surface area contributed by atoms with E-state index in [9.17, 15) is 26.8 Å². The van der Waals surface area contributed by atoms with E-state index in [2.05, 4.69) is 10.3 Å². The van der Waals surface area contributed by atoms with Gasteiger partial charge in [-0.2, -0.15) is 0 Å². The zero-order valence-corrected chi connectivity index (χ0v) is 26.0. The van der Waals surface area contributed by atoms with Crippen molar-refractivity contribution in [1.29, 1.82) is 0 Å². The first-order valence-electron chi connectivity index (χ1n) is 14.5. The van der Waals surface area contributed by atoms with Crippen LogP contribution in [0.5, 0.6) is 16.6 Å². The molecule has 2 fully saturated rings. The molecule has 1 N–H and O–H groups in total. The third-order valence-electron chi connectivity index (χ3n) is 7.67. The molecule has 0 aliphatic carbocycles. The molecule has 2 saturated heterocycles. The number of benzene rings is 3. The maximum Gasteiger partial charge on any atom is 0.271 e. The third kappa shape index (κ3) is 7.03. The van der Waals surface area contributed by atoms with Crippen LogP contribution >= 0.6 is 11.3 Å². The lowest BCUT2D eigenvalue weighted by atomic mass is 10.1. The quantitative estimate of drug-likeness (QED) is 0.226. The highest BCUT2D eigenvalue weighted by Crippen LogP contribution is 2.33. The van der Waals surface area contributed by atoms with Gasteiger partial charge in [0.05, 0.1) is 16.3 Å². The zero-order valence-electron chi connectivity index (χ0n) is 24.4. The summed E-state index contributed by atoms with van der Waals surface area (Å²) in [4.78, 5) is 31.9. The molecule has 3 heterocycles. The second kappa shape index (κ2) is 13.5. The summed E-state index contributed by atoms with van der Waals surface area (Å²) in [6.45, 7) is 2.22. The summed E-state index contributed by atoms with van der Waals surface area (Å²) >= 11 is 1.02. The van der Waals surface area contributed by atoms with Crippen LogP contribution in [0.3, 0.4) is 0 Å². The summed E-state index contributed by atoms with van der Waals surface area (Å²) in [5.74, 6) is -2.52. The van der Waals surface area contributed by atoms with Gasteiger partial charge in [0.2, 0.25) is 11.2 Å². The second-order valence-corrected chi connectivity index (χ2v) is 14.0. The van der Waals surface area contributed by atoms with Crippen molar-refractivity contribution < 1.29 is 41.0 Å². The van der Waals surface area contributed by atoms with E-state index in [1.165, 1.54) is 30.5 Å². The van der Waals surface area contributed by atoms with Crippen molar-refractivity contribution in [1.82, 2.24) is 9.88 Å². The molecule has 3 aromatic carbocycles. The van der Waals surface area contributed by atoms with Gasteiger partial charge in [0.15, 0.2) is 26.5 Å². The standard InChI is InChI=1S/C32H29F2N3O7S2/c33-22-6-11-27(26(34)18-22)44-29(20-4-9-24(10-5-20)46(40,41)25-12-16-42-17-13-25)30(38)36-32-35-19-28(45-32)43-23-7-2-21(3-8-23)31(39)37-14-1-15-37/h2-11,18-19,25,29H,1,12-17H2,(H,35,36,38). The Morgan fingerprint density at radius 3 is 2.37 bits per heavy atom. The van der Waals surface area contributed by atoms with E-state index in [0.717, 1.165) is 43.0 Å². The molecule has 2 amide bonds. The smallest absolute Gasteiger partial charge is 0.271 e. The molecule has 2 aliphatic rings. The Bertz CT molecular complexity index is 1820. The fraction of sp³-hybridized carbons (Fsp3) is 0.281. The Hall–Kier alpha value is -4.40. The van der Waals surface area contributed by atoms with Gasteiger partial charge >= 0.3 is 0 Å². The minimum absolute atomic E-state index is 0.0338. The molecular formula is C32H29F2N3O7S2. The number of carbonyl (C=O) groups is 2. The molecule has 240 valence electrons. The van der Waals surface area contributed by atoms with Crippen LogP contribution in [0.15, 0.2) is 77.8 Å². The van der Waals surface area contributed by atoms with Crippen molar-refractivity contribution >= 4 is 38.1 Å². The van der Waals surface area contributed by atoms with E-state index in [1.807, 2.05) is 0 Å². The molecule has 10 nitrogen and oxygen atoms in total. The van der Waals surface area contributed by atoms with Crippen LogP contribution in [0.4, 0.5) is 13.9 Å². The van der Waals surface area contributed by atoms with Crippen LogP contribution in [0.25, 0.3) is 0 Å². The average Bonchev–Trinajstić information content (AvgIpc) is 3.47. The van der Waals surface area contributed by atoms with Crippen molar-refractivity contribution in [2.75, 3.05) is 31.6 Å². The maximum atomic E-state index is 14.5. The highest BCUT2D eigenvalue weighted by atomic mass is 32.2. The zero-order chi connectivity index (χ0) is 32.3. The molecule has 0 bridgehead atoms. The van der Waals surface area contributed by atoms with Crippen LogP contribution in [0.1, 0.15) is 41.3 Å². The predicted molar refractivity (Wildman–Crippen MR) is 165 cm³/mol. The minimum Gasteiger partial charge on any atom is -0.473 e. The van der Waals surface area contributed by atoms with Gasteiger partial charge in [0.25, 0.3) is 11.8 Å². The summed E-state index contributed by atoms with van der Waals surface area (Å²) in [6, 6.07) is 15.0. The van der Waals surface area contributed by atoms with Crippen LogP contribution < -0.4 is 14.8 Å². The van der Waals surface area contributed by atoms with Crippen LogP contribution in [0.2, 0.25) is 0 Å². The van der Waals surface area contributed by atoms with Gasteiger partial charge in [-0.1, -0.05) is 23.5 Å². The van der Waals surface area contributed by atoms with Crippen molar-refractivity contribution in [3.05, 3.63) is 95.7 Å². The lowest BCUT2D eigenvalue weighted by molar-refractivity contribution is -0.123. The third-order valence-corrected chi connectivity index (χ3v) is 10.7. The van der Waals surface area contributed by atoms with Gasteiger partial charge in [-0.3, -0.25) is 14.9 Å². The van der Waals surface area contributed by atoms with E-state index in [4.69, 9.17) is 14.2 Å². The Morgan fingerprint density at radius 2 is 1.72 bits per heavy atom. The van der Waals surface area contributed by atoms with E-state index in [-0.39, 0.29) is 27.2 Å². The summed E-state index contributed by atoms with van der Waals surface area (Å²) in [7, 11) is -3.64. The Balaban J connectivity index is 1.18. The van der Waals surface area contributed by atoms with Crippen molar-refractivity contribution in [2.45, 2.75) is 35.5 Å². The lowest BCUT2D eigenvalue weighted by Gasteiger charge is -2.30. The number of aromatic nitrogens is 1. The molecule has 1 unspecified atom stereocenters. The van der Waals surface area contributed by atoms with E-state index in [1.54, 1.807) is 29.2 Å². The summed E-state index contributed by atoms with van der Waals surface area (Å²) in [6.07, 6.45) is 1.71. The number of halogens is 2. The van der Waals surface area contributed by atoms with E-state index >= 15 is 0 Å². The number of hydrogen-bond acceptors (Lipinski definition) is 9. The predicted octanol–water partition coefficient (Wildman–Crippen LogP) is 5.77. The largest absolute Gasteiger partial charge is 0.473 e. The molecule has 0 spiro atoms. The first-order chi connectivity index (χ1) is 22.2. The SMILES string of the molecule is O=C(Nc1ncc(Oc2ccc(C(=O)N3CCC3)cc2)s1)C(Oc1ccc(F)cc1F)c1ccc(S(=O)(=O)C2CCOCC2)cc1. The minimum atomic E-state index is -3.64. The first-order valence-corrected chi connectivity index (χ1v) is 16.9. The second-order valence-electron chi connectivity index (χ2n) is 10.7. The molecule has 14 heteroatoms. The molecular weight excluding hydrogens is 640 g/mol. The van der Waals surface area contributed by atoms with Crippen molar-refractivity contribution in [3.8, 4) is 16.6 Å². The normalized spacial score (nSPS) is 15.9. The fourth-order valence-corrected chi connectivity index (χ4v) is 7.40. The summed E-state index contributed by atoms with van der Waals surface area (Å²) in [5.41, 5.74) is 0.787. The van der Waals surface area contributed by atoms with Crippen molar-refractivity contribution in [2.24, 2.45) is 0 Å². The molecule has 46 heavy (non-hydrogen) atoms. The van der Waals surface area contributed by atoms with Gasteiger partial charge in [-0.25, -0.2) is 22.2 Å². The number of carbonyl (C=O) groups excluding carboxylic acids is 2. The van der Waals surface area contributed by atoms with Crippen LogP contribution in [0, 0.1) is 11.6 Å². The highest BCUT2D eigenvalue weighted by molar-refractivity contribution is 7.92. The first kappa shape index (κ1) is 31.6. The molecule has 6 rings (SSSR count). The van der Waals surface area contributed by atoms with Crippen LogP contribution in [-0.4, -0.2) is 61.7 Å². The Labute approximate surface area is 267 Å². The monoisotopic (exact) mass is 669 g/mol. The van der Waals surface area contributed by atoms with E-state index < -0.39 is 38.7 Å². The summed E-state index contributed by atoms with van der Waals surface area (Å²) in [5, 5.41) is 2.55. The Morgan fingerprint density at radius 1 is 1.00 bits per heavy atom. The van der Waals surface area contributed by atoms with E-state index in [0.29, 0.717) is 48.5 Å². The number of nitrogens with one attached hydrogen (secondary N) is 1. The number of hydrogen-bond donors (Lipinski definition) is 1. The number of sulfone groups is 1. The number of nitrogens with zero attached hydrogens (tertiary/aromatic N) is 2. The number of anilines is 1.